The molecule has 1 unspecified atom stereocenters. The van der Waals surface area contributed by atoms with Crippen LogP contribution in [0.5, 0.6) is 5.75 Å². The van der Waals surface area contributed by atoms with Gasteiger partial charge in [0, 0.05) is 32.3 Å². The Labute approximate surface area is 171 Å². The first kappa shape index (κ1) is 19.9. The summed E-state index contributed by atoms with van der Waals surface area (Å²) < 4.78 is 18.3. The van der Waals surface area contributed by atoms with Crippen molar-refractivity contribution >= 4 is 11.9 Å². The van der Waals surface area contributed by atoms with Crippen molar-refractivity contribution in [2.24, 2.45) is 5.10 Å². The van der Waals surface area contributed by atoms with E-state index in [1.54, 1.807) is 7.11 Å². The van der Waals surface area contributed by atoms with E-state index in [2.05, 4.69) is 10.0 Å². The summed E-state index contributed by atoms with van der Waals surface area (Å²) in [6.45, 7) is 2.47. The highest BCUT2D eigenvalue weighted by molar-refractivity contribution is 5.67. The molecule has 0 aromatic heterocycles. The molecular formula is C23H28FN3O2. The number of nitrogens with zero attached hydrogens (tertiary/aromatic N) is 3. The van der Waals surface area contributed by atoms with Gasteiger partial charge in [-0.3, -0.25) is 9.91 Å². The van der Waals surface area contributed by atoms with Gasteiger partial charge in [0.05, 0.1) is 24.4 Å². The maximum Gasteiger partial charge on any atom is 0.123 e. The van der Waals surface area contributed by atoms with E-state index in [1.807, 2.05) is 47.6 Å². The van der Waals surface area contributed by atoms with Gasteiger partial charge in [-0.1, -0.05) is 12.1 Å². The Bertz CT molecular complexity index is 830. The molecule has 0 radical (unpaired) electrons. The van der Waals surface area contributed by atoms with Crippen molar-refractivity contribution < 1.29 is 14.2 Å². The van der Waals surface area contributed by atoms with E-state index in [-0.39, 0.29) is 11.9 Å². The molecule has 2 aliphatic rings. The summed E-state index contributed by atoms with van der Waals surface area (Å²) in [5, 5.41) is 17.8. The van der Waals surface area contributed by atoms with Gasteiger partial charge in [-0.05, 0) is 61.2 Å². The van der Waals surface area contributed by atoms with Gasteiger partial charge in [0.15, 0.2) is 0 Å². The fourth-order valence-electron chi connectivity index (χ4n) is 4.25. The topological polar surface area (TPSA) is 48.3 Å². The fourth-order valence-corrected chi connectivity index (χ4v) is 4.25. The predicted octanol–water partition coefficient (Wildman–Crippen LogP) is 3.82. The van der Waals surface area contributed by atoms with Crippen molar-refractivity contribution in [3.8, 4) is 5.75 Å². The third kappa shape index (κ3) is 4.77. The van der Waals surface area contributed by atoms with Crippen LogP contribution in [0.2, 0.25) is 0 Å². The third-order valence-corrected chi connectivity index (χ3v) is 5.99. The monoisotopic (exact) mass is 397 g/mol. The molecule has 0 bridgehead atoms. The zero-order valence-electron chi connectivity index (χ0n) is 16.8. The van der Waals surface area contributed by atoms with Crippen molar-refractivity contribution in [3.63, 3.8) is 0 Å². The van der Waals surface area contributed by atoms with Gasteiger partial charge in [-0.2, -0.15) is 5.10 Å². The zero-order valence-corrected chi connectivity index (χ0v) is 16.8. The summed E-state index contributed by atoms with van der Waals surface area (Å²) in [7, 11) is 1.66. The molecule has 1 fully saturated rings. The highest BCUT2D eigenvalue weighted by Crippen LogP contribution is 2.34. The predicted molar refractivity (Wildman–Crippen MR) is 113 cm³/mol. The third-order valence-electron chi connectivity index (χ3n) is 5.99. The summed E-state index contributed by atoms with van der Waals surface area (Å²) in [6, 6.07) is 14.7. The molecule has 5 nitrogen and oxygen atoms in total. The largest absolute Gasteiger partial charge is 0.497 e. The van der Waals surface area contributed by atoms with Crippen LogP contribution in [-0.2, 0) is 6.54 Å². The maximum absolute atomic E-state index is 13.1. The van der Waals surface area contributed by atoms with Gasteiger partial charge < -0.3 is 9.84 Å². The Morgan fingerprint density at radius 2 is 1.79 bits per heavy atom. The van der Waals surface area contributed by atoms with Crippen LogP contribution in [0.4, 0.5) is 10.1 Å². The lowest BCUT2D eigenvalue weighted by Crippen LogP contribution is -2.47. The molecule has 2 heterocycles. The Kier molecular flexibility index (Phi) is 5.83. The highest BCUT2D eigenvalue weighted by Gasteiger charge is 2.37. The number of ether oxygens (including phenoxy) is 1. The number of benzene rings is 2. The van der Waals surface area contributed by atoms with E-state index >= 15 is 0 Å². The van der Waals surface area contributed by atoms with Crippen LogP contribution >= 0.6 is 0 Å². The van der Waals surface area contributed by atoms with E-state index in [4.69, 9.17) is 4.74 Å². The fraction of sp³-hybridized carbons (Fsp3) is 0.435. The van der Waals surface area contributed by atoms with Crippen molar-refractivity contribution in [2.45, 2.75) is 43.9 Å². The molecule has 154 valence electrons. The van der Waals surface area contributed by atoms with Gasteiger partial charge >= 0.3 is 0 Å². The molecule has 6 heteroatoms. The lowest BCUT2D eigenvalue weighted by Gasteiger charge is -2.40. The Hall–Kier alpha value is -2.44. The number of hydrazone groups is 1. The second-order valence-corrected chi connectivity index (χ2v) is 8.06. The van der Waals surface area contributed by atoms with E-state index in [1.165, 1.54) is 12.1 Å². The first-order valence-corrected chi connectivity index (χ1v) is 10.2. The second-order valence-electron chi connectivity index (χ2n) is 8.06. The lowest BCUT2D eigenvalue weighted by atomic mass is 9.84. The van der Waals surface area contributed by atoms with Crippen LogP contribution in [0.25, 0.3) is 0 Å². The van der Waals surface area contributed by atoms with Crippen molar-refractivity contribution in [2.75, 3.05) is 25.2 Å². The van der Waals surface area contributed by atoms with E-state index in [9.17, 15) is 9.50 Å². The molecule has 0 saturated carbocycles. The summed E-state index contributed by atoms with van der Waals surface area (Å²) in [6.07, 6.45) is 4.95. The molecular weight excluding hydrogens is 369 g/mol. The van der Waals surface area contributed by atoms with Gasteiger partial charge in [-0.25, -0.2) is 4.39 Å². The van der Waals surface area contributed by atoms with Crippen molar-refractivity contribution in [1.82, 2.24) is 4.90 Å². The summed E-state index contributed by atoms with van der Waals surface area (Å²) >= 11 is 0. The number of piperidine rings is 1. The van der Waals surface area contributed by atoms with Crippen LogP contribution in [-0.4, -0.2) is 48.1 Å². The summed E-state index contributed by atoms with van der Waals surface area (Å²) in [4.78, 5) is 2.33. The minimum absolute atomic E-state index is 0.164. The number of anilines is 1. The van der Waals surface area contributed by atoms with Crippen LogP contribution < -0.4 is 9.75 Å². The molecule has 1 atom stereocenters. The minimum atomic E-state index is -0.678. The van der Waals surface area contributed by atoms with Crippen molar-refractivity contribution in [3.05, 3.63) is 59.9 Å². The minimum Gasteiger partial charge on any atom is -0.497 e. The Balaban J connectivity index is 1.33. The zero-order chi connectivity index (χ0) is 20.3. The molecule has 2 aliphatic heterocycles. The number of methoxy groups -OCH3 is 1. The number of hydrogen-bond acceptors (Lipinski definition) is 5. The van der Waals surface area contributed by atoms with Gasteiger partial charge in [0.2, 0.25) is 0 Å². The normalized spacial score (nSPS) is 21.5. The van der Waals surface area contributed by atoms with Crippen molar-refractivity contribution in [1.29, 1.82) is 0 Å². The average Bonchev–Trinajstić information content (AvgIpc) is 3.19. The summed E-state index contributed by atoms with van der Waals surface area (Å²) in [5.74, 6) is 0.614. The Morgan fingerprint density at radius 1 is 1.10 bits per heavy atom. The summed E-state index contributed by atoms with van der Waals surface area (Å²) in [5.41, 5.74) is 1.44. The molecule has 1 N–H and O–H groups in total. The first-order chi connectivity index (χ1) is 14.0. The van der Waals surface area contributed by atoms with Crippen LogP contribution in [0, 0.1) is 5.82 Å². The molecule has 2 aromatic carbocycles. The van der Waals surface area contributed by atoms with Gasteiger partial charge in [0.25, 0.3) is 0 Å². The van der Waals surface area contributed by atoms with Crippen LogP contribution in [0.15, 0.2) is 53.6 Å². The smallest absolute Gasteiger partial charge is 0.123 e. The lowest BCUT2D eigenvalue weighted by molar-refractivity contribution is -0.0333. The molecule has 0 spiro atoms. The van der Waals surface area contributed by atoms with E-state index < -0.39 is 5.60 Å². The molecule has 29 heavy (non-hydrogen) atoms. The van der Waals surface area contributed by atoms with Crippen LogP contribution in [0.3, 0.4) is 0 Å². The average molecular weight is 397 g/mol. The standard InChI is InChI=1S/C23H28FN3O2/c1-29-22-8-6-20(7-9-22)27-21(10-13-25-27)16-23(28)11-14-26(15-12-23)17-18-2-4-19(24)5-3-18/h2-9,13,21,28H,10-12,14-17H2,1H3. The van der Waals surface area contributed by atoms with Gasteiger partial charge in [-0.15, -0.1) is 0 Å². The quantitative estimate of drug-likeness (QED) is 0.805. The number of rotatable bonds is 6. The highest BCUT2D eigenvalue weighted by atomic mass is 19.1. The first-order valence-electron chi connectivity index (χ1n) is 10.2. The SMILES string of the molecule is COc1ccc(N2N=CCC2CC2(O)CCN(Cc3ccc(F)cc3)CC2)cc1. The molecule has 0 aliphatic carbocycles. The number of hydrogen-bond donors (Lipinski definition) is 1. The second kappa shape index (κ2) is 8.51. The van der Waals surface area contributed by atoms with Crippen LogP contribution in [0.1, 0.15) is 31.2 Å². The number of likely N-dealkylation sites (tertiary alicyclic amines) is 1. The van der Waals surface area contributed by atoms with Gasteiger partial charge in [0.1, 0.15) is 11.6 Å². The number of aliphatic hydroxyl groups is 1. The van der Waals surface area contributed by atoms with E-state index in [0.717, 1.165) is 55.9 Å². The molecule has 4 rings (SSSR count). The number of halogens is 1. The molecule has 1 saturated heterocycles. The maximum atomic E-state index is 13.1. The molecule has 2 aromatic rings. The molecule has 0 amide bonds. The van der Waals surface area contributed by atoms with E-state index in [0.29, 0.717) is 6.42 Å². The Morgan fingerprint density at radius 3 is 2.45 bits per heavy atom.